The highest BCUT2D eigenvalue weighted by atomic mass is 16.2. The molecule has 1 aliphatic heterocycles. The van der Waals surface area contributed by atoms with Crippen LogP contribution in [-0.2, 0) is 4.79 Å². The Morgan fingerprint density at radius 2 is 2.17 bits per heavy atom. The van der Waals surface area contributed by atoms with Crippen molar-refractivity contribution in [2.75, 3.05) is 13.1 Å². The van der Waals surface area contributed by atoms with Crippen LogP contribution in [0.15, 0.2) is 35.7 Å². The predicted molar refractivity (Wildman–Crippen MR) is 72.2 cm³/mol. The Morgan fingerprint density at radius 1 is 1.39 bits per heavy atom. The first kappa shape index (κ1) is 12.8. The van der Waals surface area contributed by atoms with Crippen molar-refractivity contribution in [3.8, 4) is 0 Å². The van der Waals surface area contributed by atoms with Crippen molar-refractivity contribution in [2.24, 2.45) is 0 Å². The van der Waals surface area contributed by atoms with Crippen molar-refractivity contribution >= 4 is 5.91 Å². The molecule has 96 valence electrons. The zero-order valence-electron chi connectivity index (χ0n) is 11.3. The standard InChI is InChI=1S/C15H20N2O/c1-11-6-8-17(10-12(11)2)15(18)13(3)14-5-4-7-16-9-14/h4-5,7,9,13H,6,8,10H2,1-3H3. The molecule has 0 fully saturated rings. The molecule has 0 aliphatic carbocycles. The van der Waals surface area contributed by atoms with E-state index in [2.05, 4.69) is 18.8 Å². The van der Waals surface area contributed by atoms with E-state index in [0.717, 1.165) is 25.1 Å². The van der Waals surface area contributed by atoms with Gasteiger partial charge in [0.2, 0.25) is 5.91 Å². The maximum Gasteiger partial charge on any atom is 0.230 e. The summed E-state index contributed by atoms with van der Waals surface area (Å²) in [5.74, 6) is 0.0970. The van der Waals surface area contributed by atoms with Gasteiger partial charge in [0.05, 0.1) is 5.92 Å². The van der Waals surface area contributed by atoms with E-state index in [9.17, 15) is 4.79 Å². The molecule has 3 nitrogen and oxygen atoms in total. The molecule has 0 saturated carbocycles. The average Bonchev–Trinajstić information content (AvgIpc) is 2.41. The summed E-state index contributed by atoms with van der Waals surface area (Å²) in [6.45, 7) is 7.84. The molecule has 1 aromatic heterocycles. The van der Waals surface area contributed by atoms with Gasteiger partial charge in [0.1, 0.15) is 0 Å². The number of rotatable bonds is 2. The highest BCUT2D eigenvalue weighted by Gasteiger charge is 2.24. The van der Waals surface area contributed by atoms with Gasteiger partial charge in [-0.05, 0) is 38.8 Å². The number of aromatic nitrogens is 1. The Labute approximate surface area is 109 Å². The molecule has 2 heterocycles. The third-order valence-corrected chi connectivity index (χ3v) is 3.78. The van der Waals surface area contributed by atoms with Crippen LogP contribution in [0.3, 0.4) is 0 Å². The van der Waals surface area contributed by atoms with Crippen LogP contribution in [0.4, 0.5) is 0 Å². The molecule has 1 amide bonds. The largest absolute Gasteiger partial charge is 0.338 e. The molecular formula is C15H20N2O. The lowest BCUT2D eigenvalue weighted by Gasteiger charge is -2.31. The van der Waals surface area contributed by atoms with Crippen LogP contribution in [0.1, 0.15) is 38.7 Å². The lowest BCUT2D eigenvalue weighted by molar-refractivity contribution is -0.132. The topological polar surface area (TPSA) is 33.2 Å². The molecule has 0 radical (unpaired) electrons. The Morgan fingerprint density at radius 3 is 2.78 bits per heavy atom. The van der Waals surface area contributed by atoms with Crippen LogP contribution < -0.4 is 0 Å². The summed E-state index contributed by atoms with van der Waals surface area (Å²) in [5.41, 5.74) is 3.74. The van der Waals surface area contributed by atoms with Crippen molar-refractivity contribution in [2.45, 2.75) is 33.1 Å². The van der Waals surface area contributed by atoms with Gasteiger partial charge in [0.15, 0.2) is 0 Å². The van der Waals surface area contributed by atoms with Crippen molar-refractivity contribution < 1.29 is 4.79 Å². The van der Waals surface area contributed by atoms with E-state index in [1.54, 1.807) is 12.4 Å². The molecular weight excluding hydrogens is 224 g/mol. The first-order valence-electron chi connectivity index (χ1n) is 6.43. The van der Waals surface area contributed by atoms with Crippen LogP contribution in [0.5, 0.6) is 0 Å². The van der Waals surface area contributed by atoms with E-state index >= 15 is 0 Å². The summed E-state index contributed by atoms with van der Waals surface area (Å²) in [7, 11) is 0. The van der Waals surface area contributed by atoms with E-state index in [-0.39, 0.29) is 11.8 Å². The minimum atomic E-state index is -0.107. The van der Waals surface area contributed by atoms with Crippen LogP contribution in [0.25, 0.3) is 0 Å². The Hall–Kier alpha value is -1.64. The number of nitrogens with zero attached hydrogens (tertiary/aromatic N) is 2. The molecule has 1 unspecified atom stereocenters. The van der Waals surface area contributed by atoms with E-state index in [0.29, 0.717) is 0 Å². The lowest BCUT2D eigenvalue weighted by Crippen LogP contribution is -2.38. The Balaban J connectivity index is 2.09. The Kier molecular flexibility index (Phi) is 3.80. The number of hydrogen-bond donors (Lipinski definition) is 0. The number of carbonyl (C=O) groups excluding carboxylic acids is 1. The van der Waals surface area contributed by atoms with Gasteiger partial charge in [0, 0.05) is 25.5 Å². The zero-order chi connectivity index (χ0) is 13.1. The molecule has 1 aromatic rings. The number of carbonyl (C=O) groups is 1. The van der Waals surface area contributed by atoms with E-state index in [1.807, 2.05) is 24.0 Å². The first-order valence-corrected chi connectivity index (χ1v) is 6.43. The van der Waals surface area contributed by atoms with Crippen molar-refractivity contribution in [1.29, 1.82) is 0 Å². The zero-order valence-corrected chi connectivity index (χ0v) is 11.3. The van der Waals surface area contributed by atoms with Crippen LogP contribution in [0.2, 0.25) is 0 Å². The van der Waals surface area contributed by atoms with Gasteiger partial charge in [-0.3, -0.25) is 9.78 Å². The van der Waals surface area contributed by atoms with Gasteiger partial charge in [0.25, 0.3) is 0 Å². The van der Waals surface area contributed by atoms with Crippen LogP contribution in [-0.4, -0.2) is 28.9 Å². The molecule has 0 aromatic carbocycles. The molecule has 0 N–H and O–H groups in total. The SMILES string of the molecule is CC1=C(C)CN(C(=O)C(C)c2cccnc2)CC1. The van der Waals surface area contributed by atoms with Crippen molar-refractivity contribution in [1.82, 2.24) is 9.88 Å². The molecule has 1 atom stereocenters. The first-order chi connectivity index (χ1) is 8.59. The van der Waals surface area contributed by atoms with Gasteiger partial charge in [-0.2, -0.15) is 0 Å². The molecule has 2 rings (SSSR count). The molecule has 3 heteroatoms. The minimum absolute atomic E-state index is 0.107. The maximum atomic E-state index is 12.4. The maximum absolute atomic E-state index is 12.4. The summed E-state index contributed by atoms with van der Waals surface area (Å²) in [6, 6.07) is 3.85. The van der Waals surface area contributed by atoms with Gasteiger partial charge in [-0.15, -0.1) is 0 Å². The highest BCUT2D eigenvalue weighted by Crippen LogP contribution is 2.22. The molecule has 0 saturated heterocycles. The lowest BCUT2D eigenvalue weighted by atomic mass is 9.98. The molecule has 0 bridgehead atoms. The number of hydrogen-bond acceptors (Lipinski definition) is 2. The van der Waals surface area contributed by atoms with Crippen molar-refractivity contribution in [3.63, 3.8) is 0 Å². The second-order valence-corrected chi connectivity index (χ2v) is 5.08. The van der Waals surface area contributed by atoms with E-state index in [1.165, 1.54) is 11.1 Å². The monoisotopic (exact) mass is 244 g/mol. The van der Waals surface area contributed by atoms with Crippen LogP contribution in [0, 0.1) is 0 Å². The van der Waals surface area contributed by atoms with Gasteiger partial charge in [-0.1, -0.05) is 17.2 Å². The van der Waals surface area contributed by atoms with Gasteiger partial charge >= 0.3 is 0 Å². The van der Waals surface area contributed by atoms with E-state index in [4.69, 9.17) is 0 Å². The summed E-state index contributed by atoms with van der Waals surface area (Å²) in [4.78, 5) is 18.5. The second kappa shape index (κ2) is 5.34. The van der Waals surface area contributed by atoms with Gasteiger partial charge in [-0.25, -0.2) is 0 Å². The summed E-state index contributed by atoms with van der Waals surface area (Å²) >= 11 is 0. The van der Waals surface area contributed by atoms with Gasteiger partial charge < -0.3 is 4.90 Å². The fourth-order valence-corrected chi connectivity index (χ4v) is 2.25. The second-order valence-electron chi connectivity index (χ2n) is 5.08. The quantitative estimate of drug-likeness (QED) is 0.749. The van der Waals surface area contributed by atoms with Crippen molar-refractivity contribution in [3.05, 3.63) is 41.2 Å². The fraction of sp³-hybridized carbons (Fsp3) is 0.467. The predicted octanol–water partition coefficient (Wildman–Crippen LogP) is 2.75. The summed E-state index contributed by atoms with van der Waals surface area (Å²) in [5, 5.41) is 0. The Bertz CT molecular complexity index is 465. The normalized spacial score (nSPS) is 17.8. The number of amides is 1. The summed E-state index contributed by atoms with van der Waals surface area (Å²) < 4.78 is 0. The molecule has 1 aliphatic rings. The minimum Gasteiger partial charge on any atom is -0.338 e. The summed E-state index contributed by atoms with van der Waals surface area (Å²) in [6.07, 6.45) is 4.51. The average molecular weight is 244 g/mol. The fourth-order valence-electron chi connectivity index (χ4n) is 2.25. The third kappa shape index (κ3) is 2.61. The highest BCUT2D eigenvalue weighted by molar-refractivity contribution is 5.83. The molecule has 0 spiro atoms. The molecule has 18 heavy (non-hydrogen) atoms. The number of pyridine rings is 1. The van der Waals surface area contributed by atoms with Crippen LogP contribution >= 0.6 is 0 Å². The third-order valence-electron chi connectivity index (χ3n) is 3.78. The van der Waals surface area contributed by atoms with E-state index < -0.39 is 0 Å². The smallest absolute Gasteiger partial charge is 0.230 e.